The molecule has 5 N–H and O–H groups in total. The Morgan fingerprint density at radius 2 is 1.39 bits per heavy atom. The van der Waals surface area contributed by atoms with Crippen molar-refractivity contribution in [3.05, 3.63) is 71.8 Å². The van der Waals surface area contributed by atoms with Crippen LogP contribution in [0.2, 0.25) is 0 Å². The lowest BCUT2D eigenvalue weighted by Gasteiger charge is -2.28. The van der Waals surface area contributed by atoms with Crippen molar-refractivity contribution in [2.24, 2.45) is 0 Å². The van der Waals surface area contributed by atoms with Crippen LogP contribution in [0.15, 0.2) is 60.7 Å². The normalized spacial score (nSPS) is 26.6. The van der Waals surface area contributed by atoms with Crippen LogP contribution in [0.3, 0.4) is 0 Å². The monoisotopic (exact) mass is 386 g/mol. The maximum absolute atomic E-state index is 12.1. The predicted molar refractivity (Wildman–Crippen MR) is 99.4 cm³/mol. The maximum atomic E-state index is 12.1. The number of ether oxygens (including phenoxy) is 1. The second-order valence-corrected chi connectivity index (χ2v) is 6.59. The third kappa shape index (κ3) is 4.20. The minimum atomic E-state index is -2.10. The van der Waals surface area contributed by atoms with Gasteiger partial charge in [-0.1, -0.05) is 36.4 Å². The molecule has 8 heteroatoms. The van der Waals surface area contributed by atoms with Crippen LogP contribution in [0.1, 0.15) is 20.7 Å². The Morgan fingerprint density at radius 3 is 1.93 bits per heavy atom. The fourth-order valence-corrected chi connectivity index (χ4v) is 2.98. The van der Waals surface area contributed by atoms with Gasteiger partial charge in [-0.25, -0.2) is 0 Å². The van der Waals surface area contributed by atoms with Gasteiger partial charge in [0.05, 0.1) is 6.54 Å². The highest BCUT2D eigenvalue weighted by atomic mass is 16.6. The summed E-state index contributed by atoms with van der Waals surface area (Å²) in [6.45, 7) is -0.549. The molecule has 4 atom stereocenters. The zero-order valence-corrected chi connectivity index (χ0v) is 15.0. The summed E-state index contributed by atoms with van der Waals surface area (Å²) in [5.41, 5.74) is -1.30. The second kappa shape index (κ2) is 8.49. The molecule has 148 valence electrons. The summed E-state index contributed by atoms with van der Waals surface area (Å²) in [5, 5.41) is 36.2. The van der Waals surface area contributed by atoms with E-state index in [9.17, 15) is 24.9 Å². The number of carbonyl (C=O) groups is 2. The number of aliphatic hydroxyl groups is 3. The number of hydrogen-bond acceptors (Lipinski definition) is 6. The van der Waals surface area contributed by atoms with Gasteiger partial charge >= 0.3 is 0 Å². The number of rotatable bonds is 6. The molecule has 0 aromatic heterocycles. The van der Waals surface area contributed by atoms with Gasteiger partial charge in [0.15, 0.2) is 11.9 Å². The zero-order chi connectivity index (χ0) is 20.1. The molecule has 2 amide bonds. The van der Waals surface area contributed by atoms with E-state index < -0.39 is 36.6 Å². The van der Waals surface area contributed by atoms with Gasteiger partial charge in [0.1, 0.15) is 12.2 Å². The van der Waals surface area contributed by atoms with Gasteiger partial charge in [0.25, 0.3) is 11.8 Å². The van der Waals surface area contributed by atoms with Crippen LogP contribution in [0.5, 0.6) is 0 Å². The second-order valence-electron chi connectivity index (χ2n) is 6.59. The highest BCUT2D eigenvalue weighted by Gasteiger charge is 2.55. The van der Waals surface area contributed by atoms with Crippen molar-refractivity contribution in [2.75, 3.05) is 13.1 Å². The molecule has 1 aliphatic heterocycles. The largest absolute Gasteiger partial charge is 0.387 e. The van der Waals surface area contributed by atoms with Gasteiger partial charge in [0, 0.05) is 17.7 Å². The minimum absolute atomic E-state index is 0.124. The average molecular weight is 386 g/mol. The average Bonchev–Trinajstić information content (AvgIpc) is 2.95. The molecule has 0 saturated carbocycles. The quantitative estimate of drug-likeness (QED) is 0.462. The summed E-state index contributed by atoms with van der Waals surface area (Å²) < 4.78 is 5.20. The summed E-state index contributed by atoms with van der Waals surface area (Å²) in [7, 11) is 0. The van der Waals surface area contributed by atoms with Crippen LogP contribution in [-0.2, 0) is 4.74 Å². The Kier molecular flexibility index (Phi) is 6.05. The summed E-state index contributed by atoms with van der Waals surface area (Å²) in [4.78, 5) is 24.2. The SMILES string of the molecule is O=C(NC[C@H]1OC(O)[C@@](O)(CNC(=O)c2ccccc2)[C@@H]1O)c1ccccc1. The molecule has 1 heterocycles. The summed E-state index contributed by atoms with van der Waals surface area (Å²) in [6.07, 6.45) is -4.28. The van der Waals surface area contributed by atoms with E-state index >= 15 is 0 Å². The Bertz CT molecular complexity index is 816. The minimum Gasteiger partial charge on any atom is -0.387 e. The molecule has 0 spiro atoms. The number of hydrogen-bond donors (Lipinski definition) is 5. The molecule has 1 aliphatic rings. The van der Waals surface area contributed by atoms with E-state index in [0.29, 0.717) is 11.1 Å². The topological polar surface area (TPSA) is 128 Å². The lowest BCUT2D eigenvalue weighted by atomic mass is 9.94. The van der Waals surface area contributed by atoms with Gasteiger partial charge in [-0.15, -0.1) is 0 Å². The summed E-state index contributed by atoms with van der Waals surface area (Å²) >= 11 is 0. The molecule has 1 unspecified atom stereocenters. The highest BCUT2D eigenvalue weighted by Crippen LogP contribution is 2.29. The fraction of sp³-hybridized carbons (Fsp3) is 0.300. The lowest BCUT2D eigenvalue weighted by Crippen LogP contribution is -2.56. The van der Waals surface area contributed by atoms with Crippen molar-refractivity contribution in [3.63, 3.8) is 0 Å². The molecule has 1 fully saturated rings. The van der Waals surface area contributed by atoms with Crippen molar-refractivity contribution < 1.29 is 29.6 Å². The van der Waals surface area contributed by atoms with E-state index in [1.54, 1.807) is 60.7 Å². The third-order valence-corrected chi connectivity index (χ3v) is 4.66. The van der Waals surface area contributed by atoms with Crippen molar-refractivity contribution in [3.8, 4) is 0 Å². The van der Waals surface area contributed by atoms with Gasteiger partial charge < -0.3 is 30.7 Å². The van der Waals surface area contributed by atoms with E-state index in [2.05, 4.69) is 10.6 Å². The van der Waals surface area contributed by atoms with Crippen LogP contribution in [0.25, 0.3) is 0 Å². The third-order valence-electron chi connectivity index (χ3n) is 4.66. The first-order valence-electron chi connectivity index (χ1n) is 8.82. The summed E-state index contributed by atoms with van der Waals surface area (Å²) in [5.74, 6) is -0.840. The van der Waals surface area contributed by atoms with E-state index in [1.165, 1.54) is 0 Å². The van der Waals surface area contributed by atoms with E-state index in [4.69, 9.17) is 4.74 Å². The van der Waals surface area contributed by atoms with Crippen molar-refractivity contribution in [1.82, 2.24) is 10.6 Å². The van der Waals surface area contributed by atoms with Crippen LogP contribution < -0.4 is 10.6 Å². The molecular weight excluding hydrogens is 364 g/mol. The molecular formula is C20H22N2O6. The highest BCUT2D eigenvalue weighted by molar-refractivity contribution is 5.94. The van der Waals surface area contributed by atoms with Crippen LogP contribution in [0.4, 0.5) is 0 Å². The Balaban J connectivity index is 1.57. The van der Waals surface area contributed by atoms with Crippen LogP contribution in [-0.4, -0.2) is 64.3 Å². The van der Waals surface area contributed by atoms with Gasteiger partial charge in [-0.3, -0.25) is 9.59 Å². The van der Waals surface area contributed by atoms with E-state index in [-0.39, 0.29) is 12.5 Å². The van der Waals surface area contributed by atoms with E-state index in [1.807, 2.05) is 0 Å². The number of amides is 2. The number of carbonyl (C=O) groups excluding carboxylic acids is 2. The summed E-state index contributed by atoms with van der Waals surface area (Å²) in [6, 6.07) is 16.8. The first-order chi connectivity index (χ1) is 13.4. The molecule has 2 aromatic rings. The predicted octanol–water partition coefficient (Wildman–Crippen LogP) is -0.344. The lowest BCUT2D eigenvalue weighted by molar-refractivity contribution is -0.172. The van der Waals surface area contributed by atoms with Crippen molar-refractivity contribution >= 4 is 11.8 Å². The van der Waals surface area contributed by atoms with Crippen molar-refractivity contribution in [2.45, 2.75) is 24.1 Å². The van der Waals surface area contributed by atoms with E-state index in [0.717, 1.165) is 0 Å². The molecule has 8 nitrogen and oxygen atoms in total. The Morgan fingerprint density at radius 1 is 0.893 bits per heavy atom. The van der Waals surface area contributed by atoms with Gasteiger partial charge in [-0.05, 0) is 24.3 Å². The van der Waals surface area contributed by atoms with Crippen molar-refractivity contribution in [1.29, 1.82) is 0 Å². The zero-order valence-electron chi connectivity index (χ0n) is 15.0. The smallest absolute Gasteiger partial charge is 0.251 e. The Hall–Kier alpha value is -2.78. The number of aliphatic hydroxyl groups excluding tert-OH is 2. The molecule has 0 radical (unpaired) electrons. The number of benzene rings is 2. The first-order valence-corrected chi connectivity index (χ1v) is 8.82. The molecule has 0 bridgehead atoms. The first kappa shape index (κ1) is 20.0. The molecule has 1 saturated heterocycles. The Labute approximate surface area is 161 Å². The molecule has 2 aromatic carbocycles. The molecule has 0 aliphatic carbocycles. The maximum Gasteiger partial charge on any atom is 0.251 e. The molecule has 3 rings (SSSR count). The standard InChI is InChI=1S/C20H22N2O6/c23-16-15(11-21-17(24)13-7-3-1-4-8-13)28-19(26)20(16,27)12-22-18(25)14-9-5-2-6-10-14/h1-10,15-16,19,23,26-27H,11-12H2,(H,21,24)(H,22,25)/t15-,16-,19?,20-/m1/s1. The van der Waals surface area contributed by atoms with Gasteiger partial charge in [-0.2, -0.15) is 0 Å². The molecule has 28 heavy (non-hydrogen) atoms. The fourth-order valence-electron chi connectivity index (χ4n) is 2.98. The van der Waals surface area contributed by atoms with Crippen LogP contribution in [0, 0.1) is 0 Å². The van der Waals surface area contributed by atoms with Crippen LogP contribution >= 0.6 is 0 Å². The number of nitrogens with one attached hydrogen (secondary N) is 2. The van der Waals surface area contributed by atoms with Gasteiger partial charge in [0.2, 0.25) is 0 Å².